The molecule has 0 saturated carbocycles. The lowest BCUT2D eigenvalue weighted by molar-refractivity contribution is -0.122. The fourth-order valence-corrected chi connectivity index (χ4v) is 9.44. The van der Waals surface area contributed by atoms with Gasteiger partial charge in [0.1, 0.15) is 11.0 Å². The van der Waals surface area contributed by atoms with Crippen molar-refractivity contribution >= 4 is 49.1 Å². The number of carbonyl (C=O) groups excluding carboxylic acids is 2. The number of hydrogen-bond acceptors (Lipinski definition) is 8. The summed E-state index contributed by atoms with van der Waals surface area (Å²) in [4.78, 5) is 35.7. The zero-order chi connectivity index (χ0) is 32.0. The molecular formula is C34H38N4O5S2. The minimum Gasteiger partial charge on any atom is -0.379 e. The van der Waals surface area contributed by atoms with Gasteiger partial charge in [-0.2, -0.15) is 4.31 Å². The van der Waals surface area contributed by atoms with Crippen LogP contribution in [0.15, 0.2) is 53.4 Å². The first-order valence-electron chi connectivity index (χ1n) is 15.2. The van der Waals surface area contributed by atoms with E-state index in [1.165, 1.54) is 4.31 Å². The SMILES string of the molecule is Cc1ccc2nc(-c3ccc(N4C(=O)CC(N(CCN5CCOCC5)S(=O)(=O)c5c(C)c(C)cc(C)c5C)C4=O)cc3)sc2c1. The highest BCUT2D eigenvalue weighted by molar-refractivity contribution is 7.89. The molecule has 2 saturated heterocycles. The van der Waals surface area contributed by atoms with Crippen LogP contribution in [0.25, 0.3) is 20.8 Å². The quantitative estimate of drug-likeness (QED) is 0.244. The lowest BCUT2D eigenvalue weighted by Gasteiger charge is -2.32. The summed E-state index contributed by atoms with van der Waals surface area (Å²) in [6, 6.07) is 14.1. The van der Waals surface area contributed by atoms with Crippen LogP contribution in [-0.4, -0.2) is 79.9 Å². The van der Waals surface area contributed by atoms with Crippen LogP contribution in [0.1, 0.15) is 34.2 Å². The number of aryl methyl sites for hydroxylation is 3. The summed E-state index contributed by atoms with van der Waals surface area (Å²) in [7, 11) is -4.14. The van der Waals surface area contributed by atoms with Crippen molar-refractivity contribution in [1.29, 1.82) is 0 Å². The normalized spacial score (nSPS) is 18.1. The molecule has 2 amide bonds. The minimum atomic E-state index is -4.14. The average molecular weight is 647 g/mol. The molecule has 0 radical (unpaired) electrons. The Balaban J connectivity index is 1.32. The van der Waals surface area contributed by atoms with E-state index in [2.05, 4.69) is 11.0 Å². The summed E-state index contributed by atoms with van der Waals surface area (Å²) in [6.07, 6.45) is -0.219. The van der Waals surface area contributed by atoms with E-state index in [1.807, 2.05) is 51.1 Å². The smallest absolute Gasteiger partial charge is 0.252 e. The van der Waals surface area contributed by atoms with Crippen LogP contribution in [0.3, 0.4) is 0 Å². The Labute approximate surface area is 268 Å². The molecule has 45 heavy (non-hydrogen) atoms. The molecule has 236 valence electrons. The topological polar surface area (TPSA) is 100 Å². The van der Waals surface area contributed by atoms with Crippen molar-refractivity contribution in [2.45, 2.75) is 52.0 Å². The van der Waals surface area contributed by atoms with E-state index in [0.29, 0.717) is 49.7 Å². The van der Waals surface area contributed by atoms with Crippen molar-refractivity contribution in [3.63, 3.8) is 0 Å². The van der Waals surface area contributed by atoms with Crippen LogP contribution in [0, 0.1) is 34.6 Å². The van der Waals surface area contributed by atoms with Gasteiger partial charge in [-0.1, -0.05) is 12.1 Å². The zero-order valence-corrected chi connectivity index (χ0v) is 27.9. The molecule has 2 fully saturated rings. The maximum atomic E-state index is 14.5. The number of aromatic nitrogens is 1. The van der Waals surface area contributed by atoms with Crippen LogP contribution in [0.5, 0.6) is 0 Å². The number of fused-ring (bicyclic) bond motifs is 1. The summed E-state index contributed by atoms with van der Waals surface area (Å²) >= 11 is 1.59. The number of rotatable bonds is 8. The molecule has 3 heterocycles. The molecule has 1 aromatic heterocycles. The predicted molar refractivity (Wildman–Crippen MR) is 177 cm³/mol. The van der Waals surface area contributed by atoms with E-state index in [9.17, 15) is 18.0 Å². The van der Waals surface area contributed by atoms with Crippen LogP contribution < -0.4 is 4.90 Å². The molecule has 2 aliphatic rings. The maximum absolute atomic E-state index is 14.5. The molecule has 0 N–H and O–H groups in total. The Bertz CT molecular complexity index is 1870. The molecule has 0 aliphatic carbocycles. The first-order chi connectivity index (χ1) is 21.5. The number of sulfonamides is 1. The number of imide groups is 1. The second kappa shape index (κ2) is 12.4. The standard InChI is InChI=1S/C34H38N4O5S2/c1-21-6-11-28-30(18-21)44-33(35-28)26-7-9-27(10-8-26)38-31(39)20-29(34(38)40)37(13-12-36-14-16-43-17-15-36)45(41,42)32-24(4)22(2)19-23(3)25(32)5/h6-11,18-19,29H,12-17,20H2,1-5H3. The number of morpholine rings is 1. The van der Waals surface area contributed by atoms with E-state index >= 15 is 0 Å². The number of nitrogens with zero attached hydrogens (tertiary/aromatic N) is 4. The maximum Gasteiger partial charge on any atom is 0.252 e. The molecule has 4 aromatic rings. The molecule has 0 bridgehead atoms. The monoisotopic (exact) mass is 646 g/mol. The largest absolute Gasteiger partial charge is 0.379 e. The minimum absolute atomic E-state index is 0.0851. The zero-order valence-electron chi connectivity index (χ0n) is 26.3. The van der Waals surface area contributed by atoms with Crippen molar-refractivity contribution in [1.82, 2.24) is 14.2 Å². The number of ether oxygens (including phenoxy) is 1. The van der Waals surface area contributed by atoms with E-state index in [0.717, 1.165) is 42.4 Å². The number of benzene rings is 3. The van der Waals surface area contributed by atoms with E-state index in [-0.39, 0.29) is 17.9 Å². The summed E-state index contributed by atoms with van der Waals surface area (Å²) in [5.41, 5.74) is 6.42. The van der Waals surface area contributed by atoms with Gasteiger partial charge in [-0.3, -0.25) is 14.5 Å². The summed E-state index contributed by atoms with van der Waals surface area (Å²) in [6.45, 7) is 12.5. The average Bonchev–Trinajstić information content (AvgIpc) is 3.56. The van der Waals surface area contributed by atoms with Gasteiger partial charge in [0.15, 0.2) is 0 Å². The summed E-state index contributed by atoms with van der Waals surface area (Å²) in [5, 5.41) is 0.846. The lowest BCUT2D eigenvalue weighted by Crippen LogP contribution is -2.49. The van der Waals surface area contributed by atoms with Gasteiger partial charge in [-0.25, -0.2) is 18.3 Å². The molecule has 11 heteroatoms. The third-order valence-corrected chi connectivity index (χ3v) is 12.2. The van der Waals surface area contributed by atoms with Gasteiger partial charge in [-0.05, 0) is 98.8 Å². The van der Waals surface area contributed by atoms with Crippen molar-refractivity contribution in [3.8, 4) is 10.6 Å². The molecule has 0 spiro atoms. The first kappa shape index (κ1) is 31.5. The highest BCUT2D eigenvalue weighted by Gasteiger charge is 2.47. The fraction of sp³-hybridized carbons (Fsp3) is 0.382. The fourth-order valence-electron chi connectivity index (χ4n) is 6.21. The van der Waals surface area contributed by atoms with Crippen LogP contribution in [0.2, 0.25) is 0 Å². The molecule has 9 nitrogen and oxygen atoms in total. The van der Waals surface area contributed by atoms with Gasteiger partial charge in [-0.15, -0.1) is 11.3 Å². The Hall–Kier alpha value is -3.48. The highest BCUT2D eigenvalue weighted by atomic mass is 32.2. The number of hydrogen-bond donors (Lipinski definition) is 0. The second-order valence-electron chi connectivity index (χ2n) is 12.0. The molecule has 1 unspecified atom stereocenters. The van der Waals surface area contributed by atoms with Crippen molar-refractivity contribution < 1.29 is 22.7 Å². The number of amides is 2. The van der Waals surface area contributed by atoms with Gasteiger partial charge >= 0.3 is 0 Å². The summed E-state index contributed by atoms with van der Waals surface area (Å²) in [5.74, 6) is -0.956. The second-order valence-corrected chi connectivity index (χ2v) is 14.8. The van der Waals surface area contributed by atoms with Gasteiger partial charge in [0.05, 0.1) is 40.4 Å². The van der Waals surface area contributed by atoms with Gasteiger partial charge < -0.3 is 4.74 Å². The number of anilines is 1. The van der Waals surface area contributed by atoms with Crippen molar-refractivity contribution in [2.75, 3.05) is 44.3 Å². The van der Waals surface area contributed by atoms with Crippen molar-refractivity contribution in [3.05, 3.63) is 76.3 Å². The van der Waals surface area contributed by atoms with E-state index in [1.54, 1.807) is 37.3 Å². The molecule has 2 aliphatic heterocycles. The van der Waals surface area contributed by atoms with Gasteiger partial charge in [0, 0.05) is 31.7 Å². The van der Waals surface area contributed by atoms with Crippen molar-refractivity contribution in [2.24, 2.45) is 0 Å². The Morgan fingerprint density at radius 3 is 2.27 bits per heavy atom. The lowest BCUT2D eigenvalue weighted by atomic mass is 10.0. The predicted octanol–water partition coefficient (Wildman–Crippen LogP) is 5.16. The summed E-state index contributed by atoms with van der Waals surface area (Å²) < 4.78 is 36.9. The molecule has 3 aromatic carbocycles. The molecular weight excluding hydrogens is 609 g/mol. The van der Waals surface area contributed by atoms with Crippen LogP contribution in [0.4, 0.5) is 5.69 Å². The van der Waals surface area contributed by atoms with Crippen LogP contribution >= 0.6 is 11.3 Å². The Morgan fingerprint density at radius 2 is 1.60 bits per heavy atom. The van der Waals surface area contributed by atoms with E-state index in [4.69, 9.17) is 9.72 Å². The Kier molecular flexibility index (Phi) is 8.66. The van der Waals surface area contributed by atoms with Crippen LogP contribution in [-0.2, 0) is 24.3 Å². The third kappa shape index (κ3) is 5.95. The van der Waals surface area contributed by atoms with Gasteiger partial charge in [0.25, 0.3) is 5.91 Å². The highest BCUT2D eigenvalue weighted by Crippen LogP contribution is 2.35. The van der Waals surface area contributed by atoms with Gasteiger partial charge in [0.2, 0.25) is 15.9 Å². The number of carbonyl (C=O) groups is 2. The first-order valence-corrected chi connectivity index (χ1v) is 17.4. The van der Waals surface area contributed by atoms with E-state index < -0.39 is 27.9 Å². The number of thiazole rings is 1. The molecule has 1 atom stereocenters. The molecule has 6 rings (SSSR count). The third-order valence-electron chi connectivity index (χ3n) is 8.99. The Morgan fingerprint density at radius 1 is 0.933 bits per heavy atom.